The predicted octanol–water partition coefficient (Wildman–Crippen LogP) is 0.541. The summed E-state index contributed by atoms with van der Waals surface area (Å²) in [7, 11) is -2.21. The van der Waals surface area contributed by atoms with Crippen LogP contribution >= 0.6 is 0 Å². The molecule has 1 aromatic carbocycles. The van der Waals surface area contributed by atoms with Crippen LogP contribution in [0.2, 0.25) is 0 Å². The summed E-state index contributed by atoms with van der Waals surface area (Å²) in [6.45, 7) is 0.520. The van der Waals surface area contributed by atoms with Crippen molar-refractivity contribution in [2.75, 3.05) is 11.4 Å². The van der Waals surface area contributed by atoms with Gasteiger partial charge in [-0.1, -0.05) is 12.1 Å². The fraction of sp³-hybridized carbons (Fsp3) is 0.263. The van der Waals surface area contributed by atoms with Crippen molar-refractivity contribution < 1.29 is 18.0 Å². The van der Waals surface area contributed by atoms with E-state index >= 15 is 0 Å². The lowest BCUT2D eigenvalue weighted by atomic mass is 10.0. The smallest absolute Gasteiger partial charge is 0.271 e. The molecule has 3 aromatic rings. The highest BCUT2D eigenvalue weighted by atomic mass is 32.2. The topological polar surface area (TPSA) is 140 Å². The van der Waals surface area contributed by atoms with E-state index in [1.807, 2.05) is 0 Å². The molecular formula is C19H20N6O4S. The van der Waals surface area contributed by atoms with Gasteiger partial charge in [-0.3, -0.25) is 24.2 Å². The molecule has 3 N–H and O–H groups in total. The Hall–Kier alpha value is -3.31. The first-order chi connectivity index (χ1) is 14.3. The molecule has 0 spiro atoms. The molecule has 2 amide bonds. The summed E-state index contributed by atoms with van der Waals surface area (Å²) in [4.78, 5) is 31.4. The number of fused-ring (bicyclic) bond motifs is 1. The number of hydrogen-bond acceptors (Lipinski definition) is 6. The lowest BCUT2D eigenvalue weighted by Gasteiger charge is -2.31. The van der Waals surface area contributed by atoms with E-state index in [0.29, 0.717) is 36.0 Å². The minimum Gasteiger partial charge on any atom is -0.339 e. The van der Waals surface area contributed by atoms with Gasteiger partial charge >= 0.3 is 0 Å². The lowest BCUT2D eigenvalue weighted by molar-refractivity contribution is -0.121. The van der Waals surface area contributed by atoms with Crippen LogP contribution < -0.4 is 15.4 Å². The first-order valence-electron chi connectivity index (χ1n) is 9.28. The maximum absolute atomic E-state index is 12.9. The van der Waals surface area contributed by atoms with Gasteiger partial charge in [0.25, 0.3) is 11.8 Å². The van der Waals surface area contributed by atoms with E-state index in [2.05, 4.69) is 15.4 Å². The Bertz CT molecular complexity index is 1250. The molecular weight excluding hydrogens is 408 g/mol. The number of aryl methyl sites for hydroxylation is 1. The van der Waals surface area contributed by atoms with Gasteiger partial charge in [-0.25, -0.2) is 13.6 Å². The fourth-order valence-electron chi connectivity index (χ4n) is 3.62. The number of nitrogens with two attached hydrogens (primary N) is 1. The molecule has 0 saturated carbocycles. The number of anilines is 1. The van der Waals surface area contributed by atoms with Crippen LogP contribution in [0.4, 0.5) is 5.82 Å². The van der Waals surface area contributed by atoms with Crippen LogP contribution in [-0.4, -0.2) is 47.6 Å². The number of pyridine rings is 1. The van der Waals surface area contributed by atoms with Gasteiger partial charge < -0.3 is 5.32 Å². The molecule has 1 aliphatic rings. The molecule has 0 radical (unpaired) electrons. The summed E-state index contributed by atoms with van der Waals surface area (Å²) in [6, 6.07) is 6.95. The largest absolute Gasteiger partial charge is 0.339 e. The molecule has 1 unspecified atom stereocenters. The monoisotopic (exact) mass is 428 g/mol. The summed E-state index contributed by atoms with van der Waals surface area (Å²) < 4.78 is 25.3. The molecule has 10 nitrogen and oxygen atoms in total. The van der Waals surface area contributed by atoms with Crippen molar-refractivity contribution in [2.24, 2.45) is 12.2 Å². The third-order valence-corrected chi connectivity index (χ3v) is 5.98. The van der Waals surface area contributed by atoms with E-state index in [1.165, 1.54) is 24.4 Å². The minimum atomic E-state index is -3.97. The second-order valence-corrected chi connectivity index (χ2v) is 8.59. The third kappa shape index (κ3) is 3.64. The summed E-state index contributed by atoms with van der Waals surface area (Å²) in [5, 5.41) is 12.9. The number of carbonyl (C=O) groups excluding carboxylic acids is 2. The first kappa shape index (κ1) is 20.0. The zero-order chi connectivity index (χ0) is 21.5. The number of primary sulfonamides is 1. The second-order valence-electron chi connectivity index (χ2n) is 7.06. The number of sulfonamides is 1. The zero-order valence-corrected chi connectivity index (χ0v) is 17.0. The van der Waals surface area contributed by atoms with Crippen LogP contribution in [0.15, 0.2) is 47.6 Å². The predicted molar refractivity (Wildman–Crippen MR) is 109 cm³/mol. The molecule has 0 bridgehead atoms. The van der Waals surface area contributed by atoms with E-state index in [1.54, 1.807) is 35.0 Å². The van der Waals surface area contributed by atoms with Crippen LogP contribution in [0.3, 0.4) is 0 Å². The van der Waals surface area contributed by atoms with Gasteiger partial charge in [-0.2, -0.15) is 5.10 Å². The van der Waals surface area contributed by atoms with Gasteiger partial charge in [0.1, 0.15) is 11.7 Å². The molecule has 2 aromatic heterocycles. The molecule has 11 heteroatoms. The first-order valence-corrected chi connectivity index (χ1v) is 10.8. The fourth-order valence-corrected chi connectivity index (χ4v) is 4.37. The van der Waals surface area contributed by atoms with Gasteiger partial charge in [0, 0.05) is 42.8 Å². The average molecular weight is 428 g/mol. The van der Waals surface area contributed by atoms with E-state index in [9.17, 15) is 18.0 Å². The van der Waals surface area contributed by atoms with Crippen molar-refractivity contribution in [3.8, 4) is 0 Å². The molecule has 156 valence electrons. The Morgan fingerprint density at radius 1 is 1.23 bits per heavy atom. The second kappa shape index (κ2) is 7.50. The number of piperidine rings is 1. The van der Waals surface area contributed by atoms with Gasteiger partial charge in [0.2, 0.25) is 10.0 Å². The SMILES string of the molecule is Cn1ccc(N2CCCC(NC(=O)c3nccc4c(S(N)(=O)=O)cccc34)C2=O)n1. The van der Waals surface area contributed by atoms with Gasteiger partial charge in [0.15, 0.2) is 5.82 Å². The van der Waals surface area contributed by atoms with Gasteiger partial charge in [-0.15, -0.1) is 0 Å². The lowest BCUT2D eigenvalue weighted by Crippen LogP contribution is -2.52. The summed E-state index contributed by atoms with van der Waals surface area (Å²) in [5.74, 6) is -0.283. The van der Waals surface area contributed by atoms with E-state index in [0.717, 1.165) is 0 Å². The van der Waals surface area contributed by atoms with Crippen LogP contribution in [0.5, 0.6) is 0 Å². The maximum Gasteiger partial charge on any atom is 0.271 e. The molecule has 4 rings (SSSR count). The molecule has 1 atom stereocenters. The van der Waals surface area contributed by atoms with Gasteiger partial charge in [-0.05, 0) is 25.0 Å². The van der Waals surface area contributed by atoms with Crippen molar-refractivity contribution in [3.05, 3.63) is 48.4 Å². The average Bonchev–Trinajstić information content (AvgIpc) is 3.14. The van der Waals surface area contributed by atoms with Crippen molar-refractivity contribution in [3.63, 3.8) is 0 Å². The molecule has 0 aliphatic carbocycles. The number of hydrogen-bond donors (Lipinski definition) is 2. The van der Waals surface area contributed by atoms with Crippen molar-refractivity contribution in [1.29, 1.82) is 0 Å². The highest BCUT2D eigenvalue weighted by molar-refractivity contribution is 7.89. The number of aromatic nitrogens is 3. The van der Waals surface area contributed by atoms with Crippen LogP contribution in [0.1, 0.15) is 23.3 Å². The molecule has 1 fully saturated rings. The zero-order valence-electron chi connectivity index (χ0n) is 16.1. The molecule has 30 heavy (non-hydrogen) atoms. The third-order valence-electron chi connectivity index (χ3n) is 5.01. The van der Waals surface area contributed by atoms with E-state index in [-0.39, 0.29) is 16.5 Å². The summed E-state index contributed by atoms with van der Waals surface area (Å²) in [6.07, 6.45) is 4.27. The van der Waals surface area contributed by atoms with Crippen LogP contribution in [-0.2, 0) is 21.9 Å². The van der Waals surface area contributed by atoms with Crippen molar-refractivity contribution >= 4 is 38.4 Å². The van der Waals surface area contributed by atoms with E-state index in [4.69, 9.17) is 5.14 Å². The number of rotatable bonds is 4. The van der Waals surface area contributed by atoms with Crippen molar-refractivity contribution in [1.82, 2.24) is 20.1 Å². The Labute approximate surface area is 172 Å². The summed E-state index contributed by atoms with van der Waals surface area (Å²) in [5.41, 5.74) is 0.0285. The normalized spacial score (nSPS) is 17.3. The van der Waals surface area contributed by atoms with Crippen LogP contribution in [0, 0.1) is 0 Å². The maximum atomic E-state index is 12.9. The Kier molecular flexibility index (Phi) is 5.00. The van der Waals surface area contributed by atoms with Crippen molar-refractivity contribution in [2.45, 2.75) is 23.8 Å². The Balaban J connectivity index is 1.63. The molecule has 3 heterocycles. The highest BCUT2D eigenvalue weighted by Crippen LogP contribution is 2.24. The van der Waals surface area contributed by atoms with Crippen LogP contribution in [0.25, 0.3) is 10.8 Å². The quantitative estimate of drug-likeness (QED) is 0.621. The Morgan fingerprint density at radius 3 is 2.73 bits per heavy atom. The van der Waals surface area contributed by atoms with E-state index < -0.39 is 22.0 Å². The molecule has 1 saturated heterocycles. The Morgan fingerprint density at radius 2 is 2.03 bits per heavy atom. The standard InChI is InChI=1S/C19H20N6O4S/c1-24-11-8-16(23-24)25-10-3-5-14(19(25)27)22-18(26)17-13-4-2-6-15(30(20,28)29)12(13)7-9-21-17/h2,4,6-9,11,14H,3,5,10H2,1H3,(H,22,26)(H2,20,28,29). The minimum absolute atomic E-state index is 0.0285. The number of benzene rings is 1. The van der Waals surface area contributed by atoms with Gasteiger partial charge in [0.05, 0.1) is 4.90 Å². The molecule has 1 aliphatic heterocycles. The highest BCUT2D eigenvalue weighted by Gasteiger charge is 2.32. The number of nitrogens with zero attached hydrogens (tertiary/aromatic N) is 4. The number of nitrogens with one attached hydrogen (secondary N) is 1. The number of carbonyl (C=O) groups is 2. The summed E-state index contributed by atoms with van der Waals surface area (Å²) >= 11 is 0. The number of amides is 2.